The number of thiophene rings is 1. The van der Waals surface area contributed by atoms with Crippen LogP contribution in [0.2, 0.25) is 0 Å². The molecule has 4 nitrogen and oxygen atoms in total. The molecular weight excluding hydrogens is 256 g/mol. The van der Waals surface area contributed by atoms with Crippen molar-refractivity contribution in [1.29, 1.82) is 0 Å². The molecule has 2 heterocycles. The average Bonchev–Trinajstić information content (AvgIpc) is 2.78. The van der Waals surface area contributed by atoms with Crippen molar-refractivity contribution in [1.82, 2.24) is 4.31 Å². The van der Waals surface area contributed by atoms with Gasteiger partial charge in [0.05, 0.1) is 4.90 Å². The summed E-state index contributed by atoms with van der Waals surface area (Å²) in [6, 6.07) is 1.77. The second kappa shape index (κ2) is 5.06. The normalized spacial score (nSPS) is 22.8. The zero-order chi connectivity index (χ0) is 12.5. The third-order valence-corrected chi connectivity index (χ3v) is 6.39. The summed E-state index contributed by atoms with van der Waals surface area (Å²) in [5.74, 6) is 0. The van der Waals surface area contributed by atoms with E-state index in [4.69, 9.17) is 5.73 Å². The zero-order valence-electron chi connectivity index (χ0n) is 9.93. The second-order valence-electron chi connectivity index (χ2n) is 4.37. The maximum absolute atomic E-state index is 12.5. The molecule has 2 rings (SSSR count). The molecular formula is C11H18N2O2S2. The molecule has 0 saturated carbocycles. The van der Waals surface area contributed by atoms with E-state index >= 15 is 0 Å². The molecule has 1 aliphatic heterocycles. The predicted octanol–water partition coefficient (Wildman–Crippen LogP) is 1.77. The summed E-state index contributed by atoms with van der Waals surface area (Å²) in [6.07, 6.45) is 3.01. The summed E-state index contributed by atoms with van der Waals surface area (Å²) in [5.41, 5.74) is 5.58. The highest BCUT2D eigenvalue weighted by atomic mass is 32.2. The summed E-state index contributed by atoms with van der Waals surface area (Å²) in [6.45, 7) is 2.89. The standard InChI is InChI=1S/C11H18N2O2S2/c1-9-4-2-3-6-13(9)17(14,15)11-5-7-16-10(11)8-12/h5,7,9H,2-4,6,8,12H2,1H3/t9-/m0/s1. The molecule has 2 N–H and O–H groups in total. The van der Waals surface area contributed by atoms with Gasteiger partial charge < -0.3 is 5.73 Å². The smallest absolute Gasteiger partial charge is 0.244 e. The van der Waals surface area contributed by atoms with Gasteiger partial charge in [-0.15, -0.1) is 11.3 Å². The van der Waals surface area contributed by atoms with Crippen LogP contribution in [-0.2, 0) is 16.6 Å². The van der Waals surface area contributed by atoms with Crippen molar-refractivity contribution in [2.75, 3.05) is 6.54 Å². The number of hydrogen-bond acceptors (Lipinski definition) is 4. The molecule has 1 aromatic heterocycles. The molecule has 0 spiro atoms. The van der Waals surface area contributed by atoms with E-state index in [-0.39, 0.29) is 12.6 Å². The molecule has 1 aromatic rings. The Balaban J connectivity index is 2.35. The van der Waals surface area contributed by atoms with E-state index in [9.17, 15) is 8.42 Å². The van der Waals surface area contributed by atoms with Crippen molar-refractivity contribution in [3.05, 3.63) is 16.3 Å². The van der Waals surface area contributed by atoms with Crippen LogP contribution in [0.15, 0.2) is 16.3 Å². The summed E-state index contributed by atoms with van der Waals surface area (Å²) in [7, 11) is -3.35. The van der Waals surface area contributed by atoms with E-state index in [2.05, 4.69) is 0 Å². The van der Waals surface area contributed by atoms with Crippen LogP contribution in [0.4, 0.5) is 0 Å². The maximum atomic E-state index is 12.5. The first-order valence-electron chi connectivity index (χ1n) is 5.85. The van der Waals surface area contributed by atoms with Gasteiger partial charge >= 0.3 is 0 Å². The lowest BCUT2D eigenvalue weighted by molar-refractivity contribution is 0.268. The minimum absolute atomic E-state index is 0.0966. The average molecular weight is 274 g/mol. The van der Waals surface area contributed by atoms with Crippen molar-refractivity contribution in [3.63, 3.8) is 0 Å². The highest BCUT2D eigenvalue weighted by molar-refractivity contribution is 7.89. The van der Waals surface area contributed by atoms with Gasteiger partial charge in [-0.1, -0.05) is 6.42 Å². The van der Waals surface area contributed by atoms with Gasteiger partial charge in [0.2, 0.25) is 10.0 Å². The Hall–Kier alpha value is -0.430. The SMILES string of the molecule is C[C@H]1CCCCN1S(=O)(=O)c1ccsc1CN. The molecule has 96 valence electrons. The molecule has 1 saturated heterocycles. The number of nitrogens with zero attached hydrogens (tertiary/aromatic N) is 1. The molecule has 0 bridgehead atoms. The van der Waals surface area contributed by atoms with Crippen molar-refractivity contribution < 1.29 is 8.42 Å². The zero-order valence-corrected chi connectivity index (χ0v) is 11.6. The molecule has 1 aliphatic rings. The number of rotatable bonds is 3. The fourth-order valence-electron chi connectivity index (χ4n) is 2.26. The summed E-state index contributed by atoms with van der Waals surface area (Å²) < 4.78 is 26.7. The molecule has 6 heteroatoms. The summed E-state index contributed by atoms with van der Waals surface area (Å²) in [5, 5.41) is 1.80. The first-order valence-corrected chi connectivity index (χ1v) is 8.17. The predicted molar refractivity (Wildman–Crippen MR) is 69.4 cm³/mol. The van der Waals surface area contributed by atoms with E-state index < -0.39 is 10.0 Å². The van der Waals surface area contributed by atoms with Crippen molar-refractivity contribution in [3.8, 4) is 0 Å². The lowest BCUT2D eigenvalue weighted by Crippen LogP contribution is -2.42. The van der Waals surface area contributed by atoms with Crippen molar-refractivity contribution >= 4 is 21.4 Å². The minimum atomic E-state index is -3.35. The Morgan fingerprint density at radius 1 is 1.53 bits per heavy atom. The van der Waals surface area contributed by atoms with Crippen LogP contribution in [0.1, 0.15) is 31.1 Å². The molecule has 0 unspecified atom stereocenters. The number of sulfonamides is 1. The van der Waals surface area contributed by atoms with Crippen molar-refractivity contribution in [2.45, 2.75) is 43.7 Å². The van der Waals surface area contributed by atoms with Gasteiger partial charge in [-0.3, -0.25) is 0 Å². The molecule has 0 aromatic carbocycles. The minimum Gasteiger partial charge on any atom is -0.326 e. The molecule has 0 aliphatic carbocycles. The molecule has 1 fully saturated rings. The Kier molecular flexibility index (Phi) is 3.87. The molecule has 0 radical (unpaired) electrons. The monoisotopic (exact) mass is 274 g/mol. The van der Waals surface area contributed by atoms with Crippen LogP contribution in [0.5, 0.6) is 0 Å². The van der Waals surface area contributed by atoms with Gasteiger partial charge in [0.1, 0.15) is 0 Å². The van der Waals surface area contributed by atoms with Gasteiger partial charge in [0.15, 0.2) is 0 Å². The van der Waals surface area contributed by atoms with E-state index in [1.165, 1.54) is 11.3 Å². The highest BCUT2D eigenvalue weighted by Crippen LogP contribution is 2.29. The first-order chi connectivity index (χ1) is 8.07. The number of hydrogen-bond donors (Lipinski definition) is 1. The maximum Gasteiger partial charge on any atom is 0.244 e. The van der Waals surface area contributed by atoms with Gasteiger partial charge in [-0.2, -0.15) is 4.31 Å². The van der Waals surface area contributed by atoms with Crippen molar-refractivity contribution in [2.24, 2.45) is 5.73 Å². The summed E-state index contributed by atoms with van der Waals surface area (Å²) in [4.78, 5) is 1.15. The van der Waals surface area contributed by atoms with E-state index in [0.717, 1.165) is 24.1 Å². The van der Waals surface area contributed by atoms with Crippen LogP contribution >= 0.6 is 11.3 Å². The number of piperidine rings is 1. The van der Waals surface area contributed by atoms with Crippen LogP contribution in [-0.4, -0.2) is 25.3 Å². The highest BCUT2D eigenvalue weighted by Gasteiger charge is 2.32. The van der Waals surface area contributed by atoms with Gasteiger partial charge in [-0.05, 0) is 31.2 Å². The first kappa shape index (κ1) is 13.0. The van der Waals surface area contributed by atoms with Crippen LogP contribution in [0, 0.1) is 0 Å². The fourth-order valence-corrected chi connectivity index (χ4v) is 5.27. The van der Waals surface area contributed by atoms with Gasteiger partial charge in [0, 0.05) is 24.0 Å². The van der Waals surface area contributed by atoms with Crippen LogP contribution in [0.25, 0.3) is 0 Å². The largest absolute Gasteiger partial charge is 0.326 e. The van der Waals surface area contributed by atoms with Crippen LogP contribution in [0.3, 0.4) is 0 Å². The Morgan fingerprint density at radius 2 is 2.29 bits per heavy atom. The Labute approximate surface area is 106 Å². The second-order valence-corrected chi connectivity index (χ2v) is 7.23. The van der Waals surface area contributed by atoms with Crippen LogP contribution < -0.4 is 5.73 Å². The molecule has 0 amide bonds. The lowest BCUT2D eigenvalue weighted by atomic mass is 10.1. The lowest BCUT2D eigenvalue weighted by Gasteiger charge is -2.32. The molecule has 17 heavy (non-hydrogen) atoms. The van der Waals surface area contributed by atoms with E-state index in [0.29, 0.717) is 11.4 Å². The third kappa shape index (κ3) is 2.40. The Bertz CT molecular complexity index is 481. The van der Waals surface area contributed by atoms with Gasteiger partial charge in [-0.25, -0.2) is 8.42 Å². The van der Waals surface area contributed by atoms with E-state index in [1.807, 2.05) is 6.92 Å². The number of nitrogens with two attached hydrogens (primary N) is 1. The fraction of sp³-hybridized carbons (Fsp3) is 0.636. The molecule has 1 atom stereocenters. The Morgan fingerprint density at radius 3 is 2.94 bits per heavy atom. The van der Waals surface area contributed by atoms with Gasteiger partial charge in [0.25, 0.3) is 0 Å². The topological polar surface area (TPSA) is 63.4 Å². The third-order valence-electron chi connectivity index (χ3n) is 3.22. The quantitative estimate of drug-likeness (QED) is 0.913. The summed E-state index contributed by atoms with van der Waals surface area (Å²) >= 11 is 1.41. The van der Waals surface area contributed by atoms with E-state index in [1.54, 1.807) is 15.8 Å².